The van der Waals surface area contributed by atoms with E-state index in [2.05, 4.69) is 155 Å². The molecular formula is C43H26N2. The van der Waals surface area contributed by atoms with Crippen LogP contribution in [0.2, 0.25) is 0 Å². The lowest BCUT2D eigenvalue weighted by atomic mass is 9.87. The zero-order valence-electron chi connectivity index (χ0n) is 24.4. The van der Waals surface area contributed by atoms with Gasteiger partial charge in [-0.25, -0.2) is 0 Å². The average molecular weight is 571 g/mol. The van der Waals surface area contributed by atoms with Crippen LogP contribution >= 0.6 is 0 Å². The minimum absolute atomic E-state index is 1.02. The Kier molecular flexibility index (Phi) is 5.03. The number of pyridine rings is 1. The second-order valence-corrected chi connectivity index (χ2v) is 12.0. The Hall–Kier alpha value is -5.99. The summed E-state index contributed by atoms with van der Waals surface area (Å²) in [6, 6.07) is 55.5. The summed E-state index contributed by atoms with van der Waals surface area (Å²) in [5.41, 5.74) is 9.58. The summed E-state index contributed by atoms with van der Waals surface area (Å²) in [5, 5.41) is 11.5. The van der Waals surface area contributed by atoms with Crippen LogP contribution in [0.1, 0.15) is 0 Å². The maximum absolute atomic E-state index is 4.53. The minimum Gasteiger partial charge on any atom is -0.309 e. The highest BCUT2D eigenvalue weighted by Crippen LogP contribution is 2.43. The molecule has 0 atom stereocenters. The molecule has 0 spiro atoms. The lowest BCUT2D eigenvalue weighted by Crippen LogP contribution is -1.94. The van der Waals surface area contributed by atoms with Crippen molar-refractivity contribution in [2.75, 3.05) is 0 Å². The lowest BCUT2D eigenvalue weighted by molar-refractivity contribution is 1.18. The Morgan fingerprint density at radius 2 is 1.02 bits per heavy atom. The van der Waals surface area contributed by atoms with Crippen molar-refractivity contribution in [1.29, 1.82) is 0 Å². The topological polar surface area (TPSA) is 17.8 Å². The fourth-order valence-electron chi connectivity index (χ4n) is 7.56. The van der Waals surface area contributed by atoms with Gasteiger partial charge in [-0.3, -0.25) is 4.98 Å². The van der Waals surface area contributed by atoms with Gasteiger partial charge in [0, 0.05) is 28.0 Å². The SMILES string of the molecule is c1cc(-c2ccc3ccc4c(-c5ccc6ncccc6c5)ccc5ccc2c3c54)cc(-n2c3ccccc3c3ccccc32)c1. The molecule has 2 nitrogen and oxygen atoms in total. The molecule has 2 heteroatoms. The maximum Gasteiger partial charge on any atom is 0.0702 e. The molecule has 2 heterocycles. The first kappa shape index (κ1) is 24.5. The summed E-state index contributed by atoms with van der Waals surface area (Å²) in [5.74, 6) is 0. The number of aromatic nitrogens is 2. The predicted octanol–water partition coefficient (Wildman–Crippen LogP) is 11.6. The Bertz CT molecular complexity index is 2710. The van der Waals surface area contributed by atoms with Gasteiger partial charge in [-0.2, -0.15) is 0 Å². The number of nitrogens with zero attached hydrogens (tertiary/aromatic N) is 2. The molecule has 0 N–H and O–H groups in total. The second-order valence-electron chi connectivity index (χ2n) is 12.0. The molecule has 10 rings (SSSR count). The molecule has 0 radical (unpaired) electrons. The number of rotatable bonds is 3. The van der Waals surface area contributed by atoms with E-state index in [1.54, 1.807) is 0 Å². The summed E-state index contributed by atoms with van der Waals surface area (Å²) in [7, 11) is 0. The summed E-state index contributed by atoms with van der Waals surface area (Å²) >= 11 is 0. The summed E-state index contributed by atoms with van der Waals surface area (Å²) < 4.78 is 2.40. The zero-order valence-corrected chi connectivity index (χ0v) is 24.4. The first-order chi connectivity index (χ1) is 22.3. The van der Waals surface area contributed by atoms with Gasteiger partial charge in [0.2, 0.25) is 0 Å². The molecule has 45 heavy (non-hydrogen) atoms. The summed E-state index contributed by atoms with van der Waals surface area (Å²) in [6.07, 6.45) is 1.86. The molecule has 0 fully saturated rings. The van der Waals surface area contributed by atoms with Crippen molar-refractivity contribution >= 4 is 65.0 Å². The number of hydrogen-bond acceptors (Lipinski definition) is 1. The van der Waals surface area contributed by atoms with Gasteiger partial charge in [-0.05, 0) is 97.0 Å². The van der Waals surface area contributed by atoms with E-state index >= 15 is 0 Å². The van der Waals surface area contributed by atoms with Gasteiger partial charge < -0.3 is 4.57 Å². The van der Waals surface area contributed by atoms with Gasteiger partial charge in [0.25, 0.3) is 0 Å². The lowest BCUT2D eigenvalue weighted by Gasteiger charge is -2.17. The van der Waals surface area contributed by atoms with Crippen molar-refractivity contribution in [1.82, 2.24) is 9.55 Å². The van der Waals surface area contributed by atoms with Gasteiger partial charge in [0.15, 0.2) is 0 Å². The van der Waals surface area contributed by atoms with Crippen molar-refractivity contribution in [3.63, 3.8) is 0 Å². The van der Waals surface area contributed by atoms with Crippen LogP contribution in [0.3, 0.4) is 0 Å². The number of fused-ring (bicyclic) bond motifs is 4. The number of para-hydroxylation sites is 2. The van der Waals surface area contributed by atoms with Crippen LogP contribution in [0.4, 0.5) is 0 Å². The molecule has 2 aromatic heterocycles. The van der Waals surface area contributed by atoms with E-state index in [-0.39, 0.29) is 0 Å². The van der Waals surface area contributed by atoms with Crippen molar-refractivity contribution in [3.8, 4) is 27.9 Å². The van der Waals surface area contributed by atoms with Gasteiger partial charge in [-0.15, -0.1) is 0 Å². The molecule has 0 amide bonds. The van der Waals surface area contributed by atoms with E-state index in [4.69, 9.17) is 0 Å². The van der Waals surface area contributed by atoms with E-state index in [1.165, 1.54) is 82.1 Å². The highest BCUT2D eigenvalue weighted by atomic mass is 15.0. The van der Waals surface area contributed by atoms with Crippen LogP contribution in [0, 0.1) is 0 Å². The smallest absolute Gasteiger partial charge is 0.0702 e. The van der Waals surface area contributed by atoms with Gasteiger partial charge in [0.1, 0.15) is 0 Å². The van der Waals surface area contributed by atoms with Crippen LogP contribution in [0.25, 0.3) is 93.0 Å². The predicted molar refractivity (Wildman–Crippen MR) is 191 cm³/mol. The van der Waals surface area contributed by atoms with Crippen LogP contribution in [0.15, 0.2) is 158 Å². The molecule has 10 aromatic rings. The van der Waals surface area contributed by atoms with Crippen LogP contribution in [0.5, 0.6) is 0 Å². The molecule has 8 aromatic carbocycles. The zero-order chi connectivity index (χ0) is 29.5. The van der Waals surface area contributed by atoms with Crippen LogP contribution in [-0.4, -0.2) is 9.55 Å². The highest BCUT2D eigenvalue weighted by Gasteiger charge is 2.16. The molecule has 0 aliphatic rings. The third-order valence-electron chi connectivity index (χ3n) is 9.57. The van der Waals surface area contributed by atoms with E-state index in [0.717, 1.165) is 10.9 Å². The Labute approximate surface area is 259 Å². The maximum atomic E-state index is 4.53. The van der Waals surface area contributed by atoms with Gasteiger partial charge >= 0.3 is 0 Å². The first-order valence-electron chi connectivity index (χ1n) is 15.5. The molecule has 0 saturated heterocycles. The standard InChI is InChI=1S/C43H26N2/c1-3-12-40-35(10-1)36-11-2-4-13-41(36)45(40)32-9-5-7-29(26-32)33-19-14-27-17-22-38-34(20-15-28-16-21-37(33)42(27)43(28)38)30-18-23-39-31(25-30)8-6-24-44-39/h1-26H. The number of benzene rings is 8. The van der Waals surface area contributed by atoms with Crippen molar-refractivity contribution < 1.29 is 0 Å². The summed E-state index contributed by atoms with van der Waals surface area (Å²) in [4.78, 5) is 4.53. The van der Waals surface area contributed by atoms with Crippen molar-refractivity contribution in [2.24, 2.45) is 0 Å². The Morgan fingerprint density at radius 3 is 1.71 bits per heavy atom. The van der Waals surface area contributed by atoms with E-state index < -0.39 is 0 Å². The third-order valence-corrected chi connectivity index (χ3v) is 9.57. The van der Waals surface area contributed by atoms with Crippen molar-refractivity contribution in [3.05, 3.63) is 158 Å². The van der Waals surface area contributed by atoms with Crippen LogP contribution < -0.4 is 0 Å². The minimum atomic E-state index is 1.02. The second kappa shape index (κ2) is 9.25. The monoisotopic (exact) mass is 570 g/mol. The average Bonchev–Trinajstić information content (AvgIpc) is 3.45. The highest BCUT2D eigenvalue weighted by molar-refractivity contribution is 6.27. The fourth-order valence-corrected chi connectivity index (χ4v) is 7.56. The normalized spacial score (nSPS) is 12.0. The molecule has 0 aliphatic heterocycles. The molecule has 0 saturated carbocycles. The van der Waals surface area contributed by atoms with Crippen LogP contribution in [-0.2, 0) is 0 Å². The first-order valence-corrected chi connectivity index (χ1v) is 15.5. The molecule has 0 bridgehead atoms. The molecule has 0 unspecified atom stereocenters. The summed E-state index contributed by atoms with van der Waals surface area (Å²) in [6.45, 7) is 0. The van der Waals surface area contributed by atoms with Gasteiger partial charge in [-0.1, -0.05) is 109 Å². The Balaban J connectivity index is 1.20. The Morgan fingerprint density at radius 1 is 0.400 bits per heavy atom. The van der Waals surface area contributed by atoms with E-state index in [1.807, 2.05) is 12.3 Å². The fraction of sp³-hybridized carbons (Fsp3) is 0. The van der Waals surface area contributed by atoms with Gasteiger partial charge in [0.05, 0.1) is 16.6 Å². The third kappa shape index (κ3) is 3.54. The van der Waals surface area contributed by atoms with Crippen molar-refractivity contribution in [2.45, 2.75) is 0 Å². The quantitative estimate of drug-likeness (QED) is 0.193. The van der Waals surface area contributed by atoms with E-state index in [0.29, 0.717) is 0 Å². The van der Waals surface area contributed by atoms with E-state index in [9.17, 15) is 0 Å². The molecule has 208 valence electrons. The largest absolute Gasteiger partial charge is 0.309 e. The number of hydrogen-bond donors (Lipinski definition) is 0. The molecule has 0 aliphatic carbocycles. The molecular weight excluding hydrogens is 544 g/mol.